The van der Waals surface area contributed by atoms with Gasteiger partial charge in [0.25, 0.3) is 0 Å². The molecular weight excluding hydrogens is 232 g/mol. The van der Waals surface area contributed by atoms with Crippen LogP contribution >= 0.6 is 0 Å². The van der Waals surface area contributed by atoms with Crippen molar-refractivity contribution in [2.24, 2.45) is 0 Å². The van der Waals surface area contributed by atoms with Crippen molar-refractivity contribution in [1.29, 1.82) is 0 Å². The quantitative estimate of drug-likeness (QED) is 0.514. The van der Waals surface area contributed by atoms with Crippen molar-refractivity contribution < 1.29 is 0 Å². The monoisotopic (exact) mass is 252 g/mol. The minimum absolute atomic E-state index is 1.24. The molecule has 0 heterocycles. The predicted octanol–water partition coefficient (Wildman–Crippen LogP) is 5.29. The molecule has 0 aromatic heterocycles. The second kappa shape index (κ2) is 4.95. The third-order valence-electron chi connectivity index (χ3n) is 2.91. The highest BCUT2D eigenvalue weighted by molar-refractivity contribution is 6.81. The Bertz CT molecular complexity index is 595. The summed E-state index contributed by atoms with van der Waals surface area (Å²) in [6, 6.07) is 15.0. The molecule has 0 aliphatic carbocycles. The molecule has 92 valence electrons. The van der Waals surface area contributed by atoms with Crippen LogP contribution in [0.2, 0.25) is 19.6 Å². The average Bonchev–Trinajstić information content (AvgIpc) is 2.34. The molecule has 0 aliphatic heterocycles. The Morgan fingerprint density at radius 2 is 1.67 bits per heavy atom. The Balaban J connectivity index is 2.66. The van der Waals surface area contributed by atoms with Gasteiger partial charge in [-0.25, -0.2) is 0 Å². The number of allylic oxidation sites excluding steroid dienone is 2. The molecule has 0 amide bonds. The number of hydrogen-bond acceptors (Lipinski definition) is 0. The number of fused-ring (bicyclic) bond motifs is 1. The van der Waals surface area contributed by atoms with Crippen LogP contribution < -0.4 is 0 Å². The molecule has 0 radical (unpaired) electrons. The lowest BCUT2D eigenvalue weighted by molar-refractivity contribution is 1.67. The maximum Gasteiger partial charge on any atom is 0.0695 e. The summed E-state index contributed by atoms with van der Waals surface area (Å²) in [6.45, 7) is 11.0. The maximum absolute atomic E-state index is 3.98. The lowest BCUT2D eigenvalue weighted by atomic mass is 9.99. The van der Waals surface area contributed by atoms with Gasteiger partial charge in [0.2, 0.25) is 0 Å². The molecule has 2 rings (SSSR count). The molecule has 0 saturated heterocycles. The van der Waals surface area contributed by atoms with E-state index < -0.39 is 8.07 Å². The second-order valence-electron chi connectivity index (χ2n) is 5.70. The fourth-order valence-corrected chi connectivity index (χ4v) is 3.40. The van der Waals surface area contributed by atoms with Crippen molar-refractivity contribution in [3.05, 3.63) is 66.4 Å². The van der Waals surface area contributed by atoms with Gasteiger partial charge in [0.05, 0.1) is 8.07 Å². The van der Waals surface area contributed by atoms with Gasteiger partial charge in [-0.15, -0.1) is 0 Å². The van der Waals surface area contributed by atoms with Gasteiger partial charge in [-0.1, -0.05) is 80.5 Å². The van der Waals surface area contributed by atoms with Crippen LogP contribution in [0.15, 0.2) is 60.8 Å². The topological polar surface area (TPSA) is 0 Å². The van der Waals surface area contributed by atoms with E-state index in [2.05, 4.69) is 74.4 Å². The van der Waals surface area contributed by atoms with Gasteiger partial charge in [-0.3, -0.25) is 0 Å². The summed E-state index contributed by atoms with van der Waals surface area (Å²) in [5.41, 5.74) is 4.98. The Morgan fingerprint density at radius 3 is 2.33 bits per heavy atom. The highest BCUT2D eigenvalue weighted by Gasteiger charge is 2.12. The van der Waals surface area contributed by atoms with Crippen LogP contribution in [-0.4, -0.2) is 8.07 Å². The number of hydrogen-bond donors (Lipinski definition) is 0. The lowest BCUT2D eigenvalue weighted by Gasteiger charge is -2.14. The molecule has 18 heavy (non-hydrogen) atoms. The highest BCUT2D eigenvalue weighted by Crippen LogP contribution is 2.27. The molecule has 1 heteroatoms. The van der Waals surface area contributed by atoms with Crippen molar-refractivity contribution in [2.45, 2.75) is 19.6 Å². The minimum atomic E-state index is -1.24. The van der Waals surface area contributed by atoms with E-state index >= 15 is 0 Å². The van der Waals surface area contributed by atoms with Crippen LogP contribution in [0.1, 0.15) is 5.56 Å². The van der Waals surface area contributed by atoms with Gasteiger partial charge >= 0.3 is 0 Å². The molecular formula is C17H20Si. The van der Waals surface area contributed by atoms with Crippen molar-refractivity contribution in [1.82, 2.24) is 0 Å². The van der Waals surface area contributed by atoms with Gasteiger partial charge < -0.3 is 0 Å². The van der Waals surface area contributed by atoms with E-state index in [0.717, 1.165) is 0 Å². The van der Waals surface area contributed by atoms with Crippen LogP contribution in [0, 0.1) is 0 Å². The molecule has 0 N–H and O–H groups in total. The van der Waals surface area contributed by atoms with Crippen LogP contribution in [0.4, 0.5) is 0 Å². The summed E-state index contributed by atoms with van der Waals surface area (Å²) < 4.78 is 0. The standard InChI is InChI=1S/C17H20Si/c1-5-14(13-18(2,3)4)16-12-8-10-15-9-6-7-11-17(15)16/h5-13H,1H2,2-4H3/b14-13-. The van der Waals surface area contributed by atoms with Crippen molar-refractivity contribution in [2.75, 3.05) is 0 Å². The first-order valence-corrected chi connectivity index (χ1v) is 9.92. The number of rotatable bonds is 3. The zero-order chi connectivity index (χ0) is 13.2. The molecule has 0 saturated carbocycles. The third-order valence-corrected chi connectivity index (χ3v) is 4.09. The SMILES string of the molecule is C=C/C(=C/[Si](C)(C)C)c1cccc2ccccc12. The average molecular weight is 252 g/mol. The fraction of sp³-hybridized carbons (Fsp3) is 0.176. The second-order valence-corrected chi connectivity index (χ2v) is 10.7. The highest BCUT2D eigenvalue weighted by atomic mass is 28.3. The van der Waals surface area contributed by atoms with Gasteiger partial charge in [-0.05, 0) is 21.9 Å². The van der Waals surface area contributed by atoms with Gasteiger partial charge in [0.15, 0.2) is 0 Å². The largest absolute Gasteiger partial charge is 0.0985 e. The Hall–Kier alpha value is -1.60. The van der Waals surface area contributed by atoms with Crippen molar-refractivity contribution in [3.8, 4) is 0 Å². The molecule has 0 bridgehead atoms. The van der Waals surface area contributed by atoms with E-state index in [0.29, 0.717) is 0 Å². The van der Waals surface area contributed by atoms with E-state index in [1.165, 1.54) is 21.9 Å². The smallest absolute Gasteiger partial charge is 0.0695 e. The van der Waals surface area contributed by atoms with Crippen LogP contribution in [0.25, 0.3) is 16.3 Å². The molecule has 0 fully saturated rings. The van der Waals surface area contributed by atoms with Gasteiger partial charge in [0, 0.05) is 0 Å². The molecule has 0 spiro atoms. The molecule has 2 aromatic rings. The normalized spacial score (nSPS) is 12.7. The molecule has 2 aromatic carbocycles. The number of benzene rings is 2. The molecule has 0 nitrogen and oxygen atoms in total. The lowest BCUT2D eigenvalue weighted by Crippen LogP contribution is -2.16. The first kappa shape index (κ1) is 12.8. The van der Waals surface area contributed by atoms with E-state index in [1.807, 2.05) is 6.08 Å². The van der Waals surface area contributed by atoms with Gasteiger partial charge in [-0.2, -0.15) is 0 Å². The molecule has 0 atom stereocenters. The summed E-state index contributed by atoms with van der Waals surface area (Å²) in [6.07, 6.45) is 1.99. The zero-order valence-electron chi connectivity index (χ0n) is 11.4. The van der Waals surface area contributed by atoms with E-state index in [1.54, 1.807) is 0 Å². The van der Waals surface area contributed by atoms with Crippen LogP contribution in [0.5, 0.6) is 0 Å². The summed E-state index contributed by atoms with van der Waals surface area (Å²) >= 11 is 0. The van der Waals surface area contributed by atoms with Gasteiger partial charge in [0.1, 0.15) is 0 Å². The summed E-state index contributed by atoms with van der Waals surface area (Å²) in [5.74, 6) is 0. The summed E-state index contributed by atoms with van der Waals surface area (Å²) in [4.78, 5) is 0. The third kappa shape index (κ3) is 2.80. The van der Waals surface area contributed by atoms with E-state index in [9.17, 15) is 0 Å². The fourth-order valence-electron chi connectivity index (χ4n) is 2.19. The first-order valence-electron chi connectivity index (χ1n) is 6.35. The minimum Gasteiger partial charge on any atom is -0.0985 e. The van der Waals surface area contributed by atoms with Crippen LogP contribution in [-0.2, 0) is 0 Å². The summed E-state index contributed by atoms with van der Waals surface area (Å²) in [5, 5.41) is 2.60. The first-order chi connectivity index (χ1) is 8.51. The Morgan fingerprint density at radius 1 is 1.00 bits per heavy atom. The van der Waals surface area contributed by atoms with E-state index in [4.69, 9.17) is 0 Å². The van der Waals surface area contributed by atoms with E-state index in [-0.39, 0.29) is 0 Å². The zero-order valence-corrected chi connectivity index (χ0v) is 12.4. The molecule has 0 unspecified atom stereocenters. The van der Waals surface area contributed by atoms with Crippen molar-refractivity contribution in [3.63, 3.8) is 0 Å². The maximum atomic E-state index is 3.98. The van der Waals surface area contributed by atoms with Crippen LogP contribution in [0.3, 0.4) is 0 Å². The summed E-state index contributed by atoms with van der Waals surface area (Å²) in [7, 11) is -1.24. The predicted molar refractivity (Wildman–Crippen MR) is 85.5 cm³/mol. The van der Waals surface area contributed by atoms with Crippen molar-refractivity contribution >= 4 is 24.4 Å². The molecule has 0 aliphatic rings. The Labute approximate surface area is 111 Å². The Kier molecular flexibility index (Phi) is 3.53.